The maximum atomic E-state index is 13.7. The molecule has 18 heteroatoms. The Kier molecular flexibility index (Phi) is 90.5. The van der Waals surface area contributed by atoms with Crippen molar-refractivity contribution < 1.29 is 53.5 Å². The number of rotatable bonds is 1. The molecule has 1 aliphatic carbocycles. The van der Waals surface area contributed by atoms with E-state index in [9.17, 15) is 53.5 Å². The summed E-state index contributed by atoms with van der Waals surface area (Å²) in [7, 11) is 0. The summed E-state index contributed by atoms with van der Waals surface area (Å²) in [5.74, 6) is -16.9. The first-order chi connectivity index (χ1) is 58.7. The third kappa shape index (κ3) is 63.0. The highest BCUT2D eigenvalue weighted by Gasteiger charge is 2.31. The summed E-state index contributed by atoms with van der Waals surface area (Å²) in [6.45, 7) is 58.9. The highest BCUT2D eigenvalue weighted by molar-refractivity contribution is 14.1. The Morgan fingerprint density at radius 2 is 0.488 bits per heavy atom. The summed E-state index contributed by atoms with van der Waals surface area (Å²) >= 11 is 22.6. The van der Waals surface area contributed by atoms with Crippen LogP contribution in [0, 0.1) is 135 Å². The highest BCUT2D eigenvalue weighted by atomic mass is 127. The van der Waals surface area contributed by atoms with E-state index < -0.39 is 63.2 Å². The Morgan fingerprint density at radius 1 is 0.252 bits per heavy atom. The lowest BCUT2D eigenvalue weighted by atomic mass is 10.00. The molecular weight excluding hydrogens is 1970 g/mol. The molecule has 12 aromatic carbocycles. The number of hydrogen-bond acceptors (Lipinski definition) is 2. The molecule has 0 amide bonds. The fourth-order valence-electron chi connectivity index (χ4n) is 8.44. The van der Waals surface area contributed by atoms with Crippen molar-refractivity contribution in [2.75, 3.05) is 0 Å². The Labute approximate surface area is 789 Å². The molecule has 1 aliphatic rings. The summed E-state index contributed by atoms with van der Waals surface area (Å²) in [5.41, 5.74) is 7.27. The van der Waals surface area contributed by atoms with E-state index in [0.717, 1.165) is 30.1 Å². The van der Waals surface area contributed by atoms with Crippen molar-refractivity contribution in [3.8, 4) is 11.1 Å². The van der Waals surface area contributed by atoms with Gasteiger partial charge < -0.3 is 0 Å². The van der Waals surface area contributed by atoms with Gasteiger partial charge in [-0.3, -0.25) is 9.59 Å². The zero-order chi connectivity index (χ0) is 96.9. The molecule has 12 aromatic rings. The predicted octanol–water partition coefficient (Wildman–Crippen LogP) is 38.8. The van der Waals surface area contributed by atoms with Crippen LogP contribution in [0.25, 0.3) is 11.1 Å². The minimum Gasteiger partial charge on any atom is -0.294 e. The van der Waals surface area contributed by atoms with Gasteiger partial charge in [0.05, 0.1) is 17.5 Å². The zero-order valence-electron chi connectivity index (χ0n) is 77.8. The van der Waals surface area contributed by atoms with E-state index in [4.69, 9.17) is 23.2 Å². The van der Waals surface area contributed by atoms with Crippen molar-refractivity contribution in [3.63, 3.8) is 0 Å². The van der Waals surface area contributed by atoms with Crippen LogP contribution in [-0.4, -0.2) is 11.6 Å². The minimum absolute atomic E-state index is 0.0504. The molecule has 13 rings (SSSR count). The van der Waals surface area contributed by atoms with E-state index in [1.54, 1.807) is 36.4 Å². The smallest absolute Gasteiger partial charge is 0.171 e. The van der Waals surface area contributed by atoms with E-state index in [-0.39, 0.29) is 35.7 Å². The second-order valence-electron chi connectivity index (χ2n) is 22.7. The van der Waals surface area contributed by atoms with E-state index in [2.05, 4.69) is 197 Å². The van der Waals surface area contributed by atoms with Crippen LogP contribution in [-0.2, 0) is 0 Å². The Morgan fingerprint density at radius 3 is 0.683 bits per heavy atom. The highest BCUT2D eigenvalue weighted by Crippen LogP contribution is 2.37. The lowest BCUT2D eigenvalue weighted by molar-refractivity contribution is 0.0922. The Balaban J connectivity index is -0.000000196. The Bertz CT molecular complexity index is 3920. The van der Waals surface area contributed by atoms with Crippen molar-refractivity contribution in [1.82, 2.24) is 0 Å². The van der Waals surface area contributed by atoms with Gasteiger partial charge in [0, 0.05) is 48.9 Å². The van der Waals surface area contributed by atoms with Gasteiger partial charge in [-0.25, -0.2) is 43.9 Å². The van der Waals surface area contributed by atoms with Gasteiger partial charge >= 0.3 is 0 Å². The average Bonchev–Trinajstić information content (AvgIpc) is 0.950. The molecule has 0 saturated heterocycles. The number of halogens is 16. The Hall–Kier alpha value is -7.72. The summed E-state index contributed by atoms with van der Waals surface area (Å²) < 4.78 is 136. The van der Waals surface area contributed by atoms with E-state index in [1.165, 1.54) is 70.3 Å². The number of aryl methyl sites for hydroxylation is 9. The maximum Gasteiger partial charge on any atom is 0.171 e. The van der Waals surface area contributed by atoms with Gasteiger partial charge in [0.15, 0.2) is 58.1 Å². The van der Waals surface area contributed by atoms with E-state index in [0.29, 0.717) is 18.1 Å². The number of hydrogen-bond donors (Lipinski definition) is 0. The first kappa shape index (κ1) is 131. The van der Waals surface area contributed by atoms with E-state index >= 15 is 0 Å². The molecule has 678 valence electrons. The van der Waals surface area contributed by atoms with Gasteiger partial charge in [0.25, 0.3) is 0 Å². The molecule has 0 aliphatic heterocycles. The van der Waals surface area contributed by atoms with Crippen LogP contribution in [0.2, 0.25) is 10.0 Å². The molecule has 0 fully saturated rings. The molecule has 0 heterocycles. The topological polar surface area (TPSA) is 34.1 Å². The molecule has 0 saturated carbocycles. The first-order valence-corrected chi connectivity index (χ1v) is 45.8. The normalized spacial score (nSPS) is 9.06. The van der Waals surface area contributed by atoms with Crippen LogP contribution in [0.4, 0.5) is 43.9 Å². The third-order valence-electron chi connectivity index (χ3n) is 13.5. The SMILES string of the molecule is CC.CC.CC.CC.CC.CC.CC.CC.CC.CC.Cc1c(F)c(F)c(-c2c(F)c(F)cc(F)c2F)c(F)c1F.Cc1cccc(Br)c1.Cc1cccc(Br)c1.Cc1cccc(Cl)c1.Cc1cccc(Cl)c1.Cc1cccc(F)c1.Cc1cccc(F)c1.Cc1cccc(I)c1.Cc1cccc(I)c1.Cc1ccccc1.O=C1CC(=O)c2ccccc21. The minimum atomic E-state index is -2.17. The molecule has 0 unspecified atom stereocenters. The van der Waals surface area contributed by atoms with Gasteiger partial charge in [-0.2, -0.15) is 0 Å². The van der Waals surface area contributed by atoms with Crippen molar-refractivity contribution in [1.29, 1.82) is 0 Å². The largest absolute Gasteiger partial charge is 0.294 e. The predicted molar refractivity (Wildman–Crippen MR) is 541 cm³/mol. The van der Waals surface area contributed by atoms with Crippen molar-refractivity contribution in [2.24, 2.45) is 0 Å². The summed E-state index contributed by atoms with van der Waals surface area (Å²) in [4.78, 5) is 22.1. The van der Waals surface area contributed by atoms with Crippen LogP contribution >= 0.6 is 100 Å². The molecule has 0 spiro atoms. The molecule has 0 bridgehead atoms. The van der Waals surface area contributed by atoms with Gasteiger partial charge in [-0.15, -0.1) is 0 Å². The number of carbonyl (C=O) groups excluding carboxylic acids is 2. The molecule has 0 radical (unpaired) electrons. The molecular formula is C105H134Br2Cl2F10I2O2. The molecule has 123 heavy (non-hydrogen) atoms. The molecule has 2 nitrogen and oxygen atoms in total. The van der Waals surface area contributed by atoms with Crippen molar-refractivity contribution in [3.05, 3.63) is 406 Å². The van der Waals surface area contributed by atoms with Crippen LogP contribution in [0.1, 0.15) is 221 Å². The molecule has 0 N–H and O–H groups in total. The molecule has 0 atom stereocenters. The quantitative estimate of drug-likeness (QED) is 0.0710. The van der Waals surface area contributed by atoms with Crippen molar-refractivity contribution in [2.45, 2.75) is 214 Å². The van der Waals surface area contributed by atoms with Crippen LogP contribution in [0.3, 0.4) is 0 Å². The van der Waals surface area contributed by atoms with Gasteiger partial charge in [-0.05, 0) is 234 Å². The summed E-state index contributed by atoms with van der Waals surface area (Å²) in [6, 6.07) is 78.8. The monoisotopic (exact) mass is 2100 g/mol. The lowest BCUT2D eigenvalue weighted by Gasteiger charge is -2.12. The lowest BCUT2D eigenvalue weighted by Crippen LogP contribution is -2.07. The fourth-order valence-corrected chi connectivity index (χ4v) is 11.4. The first-order valence-electron chi connectivity index (χ1n) is 41.3. The summed E-state index contributed by atoms with van der Waals surface area (Å²) in [5, 5.41) is 1.62. The number of carbonyl (C=O) groups is 2. The average molecular weight is 2100 g/mol. The number of fused-ring (bicyclic) bond motifs is 1. The van der Waals surface area contributed by atoms with Crippen LogP contribution < -0.4 is 0 Å². The van der Waals surface area contributed by atoms with E-state index in [1.807, 2.05) is 269 Å². The second kappa shape index (κ2) is 85.1. The van der Waals surface area contributed by atoms with Crippen LogP contribution in [0.5, 0.6) is 0 Å². The van der Waals surface area contributed by atoms with Crippen LogP contribution in [0.15, 0.2) is 264 Å². The summed E-state index contributed by atoms with van der Waals surface area (Å²) in [6.07, 6.45) is 0.0549. The maximum absolute atomic E-state index is 13.7. The number of ketones is 2. The van der Waals surface area contributed by atoms with Gasteiger partial charge in [-0.1, -0.05) is 373 Å². The zero-order valence-corrected chi connectivity index (χ0v) is 86.8. The third-order valence-corrected chi connectivity index (χ3v) is 16.3. The standard InChI is InChI=1S/C13H4F8.C9H6O2.2C7H7Br.2C7H7Cl.2C7H7F.2C7H7I.C7H8.10C2H6/c1-3-8(16)12(20)7(13(21)9(3)17)6-10(18)4(14)2-5(15)11(6)19;10-8-5-9(11)7-4-2-1-3-6(7)8;8*1-6-3-2-4-7(8)5-6;1-7-5-3-2-4-6-7;10*1-2/h2H,1H3;1-4H,5H2;8*2-5H,1H3;2-6H,1H3;10*1-2H3. The fraction of sp³-hybridized carbons (Fsp3) is 0.295. The van der Waals surface area contributed by atoms with Gasteiger partial charge in [0.1, 0.15) is 11.6 Å². The van der Waals surface area contributed by atoms with Crippen molar-refractivity contribution >= 4 is 112 Å². The number of Topliss-reactive ketones (excluding diaryl/α,β-unsaturated/α-hetero) is 2. The van der Waals surface area contributed by atoms with Gasteiger partial charge in [0.2, 0.25) is 0 Å². The second-order valence-corrected chi connectivity index (χ2v) is 27.9. The molecule has 0 aromatic heterocycles. The number of benzene rings is 12.